The van der Waals surface area contributed by atoms with Crippen LogP contribution in [0.25, 0.3) is 81.4 Å². The quantitative estimate of drug-likeness (QED) is 0.160. The number of rotatable bonds is 7. The number of anilines is 3. The van der Waals surface area contributed by atoms with Crippen molar-refractivity contribution in [2.75, 3.05) is 4.90 Å². The molecule has 0 bridgehead atoms. The molecule has 2 aliphatic rings. The van der Waals surface area contributed by atoms with Gasteiger partial charge in [-0.1, -0.05) is 140 Å². The summed E-state index contributed by atoms with van der Waals surface area (Å²) in [6.07, 6.45) is 11.5. The number of ether oxygens (including phenoxy) is 1. The van der Waals surface area contributed by atoms with Gasteiger partial charge in [-0.15, -0.1) is 11.3 Å². The minimum absolute atomic E-state index is 0.770. The largest absolute Gasteiger partial charge is 0.460 e. The molecule has 0 saturated heterocycles. The summed E-state index contributed by atoms with van der Waals surface area (Å²) in [4.78, 5) is 2.43. The number of para-hydroxylation sites is 4. The van der Waals surface area contributed by atoms with Crippen LogP contribution in [0, 0.1) is 0 Å². The highest BCUT2D eigenvalue weighted by Crippen LogP contribution is 2.49. The zero-order valence-corrected chi connectivity index (χ0v) is 36.6. The molecule has 3 aromatic heterocycles. The first kappa shape index (κ1) is 37.7. The van der Waals surface area contributed by atoms with Gasteiger partial charge >= 0.3 is 0 Å². The van der Waals surface area contributed by atoms with Crippen LogP contribution in [0.3, 0.4) is 0 Å². The molecule has 0 unspecified atom stereocenters. The summed E-state index contributed by atoms with van der Waals surface area (Å²) in [6.45, 7) is 2.07. The van der Waals surface area contributed by atoms with Crippen molar-refractivity contribution in [2.24, 2.45) is 0 Å². The van der Waals surface area contributed by atoms with Gasteiger partial charge in [-0.3, -0.25) is 0 Å². The second-order valence-electron chi connectivity index (χ2n) is 17.0. The maximum atomic E-state index is 6.58. The first-order valence-corrected chi connectivity index (χ1v) is 23.3. The standard InChI is InChI=1S/C60H42N2O2S/c1-2-14-44(56-37-40-15-6-10-25-54(40)63-56)38-27-31-42(32-28-38)61(43-33-29-39(30-34-43)45-20-12-21-47-46-18-8-11-26-55(46)64-58(45)47)53-24-13-22-48-49-35-36-52-57(60(49)65-59(48)53)50-19-7-9-23-51(50)62(52)41-16-4-3-5-17-41/h2-10,12-25,27-36H,11,26,37H2,1H3/b14-2-,56-44-. The van der Waals surface area contributed by atoms with Crippen molar-refractivity contribution >= 4 is 93.0 Å². The van der Waals surface area contributed by atoms with Crippen molar-refractivity contribution in [1.29, 1.82) is 0 Å². The summed E-state index contributed by atoms with van der Waals surface area (Å²) in [5, 5.41) is 6.25. The lowest BCUT2D eigenvalue weighted by Crippen LogP contribution is -2.10. The van der Waals surface area contributed by atoms with E-state index in [4.69, 9.17) is 9.15 Å². The van der Waals surface area contributed by atoms with Gasteiger partial charge < -0.3 is 18.6 Å². The lowest BCUT2D eigenvalue weighted by atomic mass is 9.98. The van der Waals surface area contributed by atoms with E-state index in [-0.39, 0.29) is 0 Å². The summed E-state index contributed by atoms with van der Waals surface area (Å²) >= 11 is 1.89. The Hall–Kier alpha value is -7.86. The van der Waals surface area contributed by atoms with Crippen LogP contribution in [-0.2, 0) is 12.8 Å². The average Bonchev–Trinajstić information content (AvgIpc) is 4.15. The fraction of sp³-hybridized carbons (Fsp3) is 0.0667. The van der Waals surface area contributed by atoms with E-state index in [0.717, 1.165) is 87.1 Å². The fourth-order valence-electron chi connectivity index (χ4n) is 10.3. The van der Waals surface area contributed by atoms with Gasteiger partial charge in [0, 0.05) is 83.8 Å². The molecule has 1 aliphatic carbocycles. The molecule has 8 aromatic carbocycles. The average molecular weight is 855 g/mol. The van der Waals surface area contributed by atoms with Crippen molar-refractivity contribution in [3.05, 3.63) is 222 Å². The maximum Gasteiger partial charge on any atom is 0.142 e. The number of furan rings is 1. The van der Waals surface area contributed by atoms with Crippen molar-refractivity contribution < 1.29 is 9.15 Å². The number of allylic oxidation sites excluding steroid dienone is 5. The molecule has 1 aliphatic heterocycles. The Bertz CT molecular complexity index is 3740. The van der Waals surface area contributed by atoms with Gasteiger partial charge in [-0.25, -0.2) is 0 Å². The SMILES string of the molecule is C/C=C\C(=C1/Cc2ccccc2O1)c1ccc(N(c2ccc(-c3cccc4c5c(oc34)CCC=C5)cc2)c2cccc3c2sc2c3ccc3c2c2ccccc2n3-c2ccccc2)cc1. The number of hydrogen-bond acceptors (Lipinski definition) is 4. The summed E-state index contributed by atoms with van der Waals surface area (Å²) in [7, 11) is 0. The summed E-state index contributed by atoms with van der Waals surface area (Å²) in [5.41, 5.74) is 14.7. The topological polar surface area (TPSA) is 30.5 Å². The maximum absolute atomic E-state index is 6.58. The van der Waals surface area contributed by atoms with E-state index in [1.807, 2.05) is 17.4 Å². The molecule has 0 spiro atoms. The molecule has 0 amide bonds. The number of nitrogens with zero attached hydrogens (tertiary/aromatic N) is 2. The first-order valence-electron chi connectivity index (χ1n) is 22.5. The molecular weight excluding hydrogens is 813 g/mol. The van der Waals surface area contributed by atoms with Crippen molar-refractivity contribution in [3.8, 4) is 22.6 Å². The normalized spacial score (nSPS) is 14.2. The van der Waals surface area contributed by atoms with Gasteiger partial charge in [0.2, 0.25) is 0 Å². The van der Waals surface area contributed by atoms with E-state index in [2.05, 4.69) is 211 Å². The van der Waals surface area contributed by atoms with Gasteiger partial charge in [0.1, 0.15) is 22.9 Å². The van der Waals surface area contributed by atoms with Gasteiger partial charge in [0.05, 0.1) is 21.4 Å². The van der Waals surface area contributed by atoms with E-state index in [1.54, 1.807) is 0 Å². The molecule has 65 heavy (non-hydrogen) atoms. The van der Waals surface area contributed by atoms with E-state index < -0.39 is 0 Å². The van der Waals surface area contributed by atoms with Crippen LogP contribution in [0.4, 0.5) is 17.1 Å². The van der Waals surface area contributed by atoms with Crippen LogP contribution in [-0.4, -0.2) is 4.57 Å². The first-order chi connectivity index (χ1) is 32.2. The lowest BCUT2D eigenvalue weighted by molar-refractivity contribution is 0.449. The van der Waals surface area contributed by atoms with Crippen LogP contribution in [0.15, 0.2) is 204 Å². The second-order valence-corrected chi connectivity index (χ2v) is 18.0. The molecule has 310 valence electrons. The van der Waals surface area contributed by atoms with Crippen LogP contribution in [0.2, 0.25) is 0 Å². The molecule has 5 heteroatoms. The van der Waals surface area contributed by atoms with Crippen LogP contribution < -0.4 is 9.64 Å². The zero-order valence-electron chi connectivity index (χ0n) is 35.8. The summed E-state index contributed by atoms with van der Waals surface area (Å²) in [6, 6.07) is 63.9. The van der Waals surface area contributed by atoms with E-state index in [9.17, 15) is 0 Å². The molecule has 4 nitrogen and oxygen atoms in total. The highest BCUT2D eigenvalue weighted by atomic mass is 32.1. The highest BCUT2D eigenvalue weighted by molar-refractivity contribution is 7.27. The number of aryl methyl sites for hydroxylation is 1. The van der Waals surface area contributed by atoms with E-state index >= 15 is 0 Å². The molecule has 4 heterocycles. The Morgan fingerprint density at radius 2 is 1.38 bits per heavy atom. The molecule has 13 rings (SSSR count). The molecule has 0 atom stereocenters. The highest BCUT2D eigenvalue weighted by Gasteiger charge is 2.24. The Morgan fingerprint density at radius 1 is 0.646 bits per heavy atom. The minimum Gasteiger partial charge on any atom is -0.460 e. The number of thiophene rings is 1. The molecule has 0 saturated carbocycles. The predicted octanol–water partition coefficient (Wildman–Crippen LogP) is 16.9. The third kappa shape index (κ3) is 6.03. The number of aromatic nitrogens is 1. The van der Waals surface area contributed by atoms with Gasteiger partial charge in [0.15, 0.2) is 0 Å². The van der Waals surface area contributed by atoms with Crippen molar-refractivity contribution in [3.63, 3.8) is 0 Å². The Morgan fingerprint density at radius 3 is 2.23 bits per heavy atom. The number of benzene rings is 8. The van der Waals surface area contributed by atoms with E-state index in [0.29, 0.717) is 0 Å². The third-order valence-corrected chi connectivity index (χ3v) is 14.5. The van der Waals surface area contributed by atoms with Gasteiger partial charge in [0.25, 0.3) is 0 Å². The molecule has 0 radical (unpaired) electrons. The molecule has 0 N–H and O–H groups in total. The molecular formula is C60H42N2O2S. The number of hydrogen-bond donors (Lipinski definition) is 0. The fourth-order valence-corrected chi connectivity index (χ4v) is 11.6. The van der Waals surface area contributed by atoms with E-state index in [1.165, 1.54) is 58.5 Å². The van der Waals surface area contributed by atoms with Gasteiger partial charge in [-0.2, -0.15) is 0 Å². The van der Waals surface area contributed by atoms with Crippen molar-refractivity contribution in [2.45, 2.75) is 26.2 Å². The smallest absolute Gasteiger partial charge is 0.142 e. The Labute approximate surface area is 380 Å². The summed E-state index contributed by atoms with van der Waals surface area (Å²) in [5.74, 6) is 2.99. The zero-order chi connectivity index (χ0) is 43.0. The molecule has 11 aromatic rings. The van der Waals surface area contributed by atoms with Crippen LogP contribution >= 0.6 is 11.3 Å². The second kappa shape index (κ2) is 15.2. The van der Waals surface area contributed by atoms with Crippen LogP contribution in [0.5, 0.6) is 5.75 Å². The Kier molecular flexibility index (Phi) is 8.78. The minimum atomic E-state index is 0.770. The van der Waals surface area contributed by atoms with Crippen LogP contribution in [0.1, 0.15) is 35.8 Å². The monoisotopic (exact) mass is 854 g/mol. The predicted molar refractivity (Wildman–Crippen MR) is 273 cm³/mol. The van der Waals surface area contributed by atoms with Crippen molar-refractivity contribution in [1.82, 2.24) is 4.57 Å². The Balaban J connectivity index is 0.985. The third-order valence-electron chi connectivity index (χ3n) is 13.3. The molecule has 0 fully saturated rings. The van der Waals surface area contributed by atoms with Gasteiger partial charge in [-0.05, 0) is 85.1 Å². The lowest BCUT2D eigenvalue weighted by Gasteiger charge is -2.26. The number of fused-ring (bicyclic) bond motifs is 11. The summed E-state index contributed by atoms with van der Waals surface area (Å²) < 4.78 is 18.0.